The van der Waals surface area contributed by atoms with Crippen molar-refractivity contribution in [3.05, 3.63) is 11.6 Å². The molecular weight excluding hydrogens is 192 g/mol. The highest BCUT2D eigenvalue weighted by Crippen LogP contribution is 2.25. The summed E-state index contributed by atoms with van der Waals surface area (Å²) < 4.78 is 4.52. The molecule has 1 atom stereocenters. The molecule has 0 N–H and O–H groups in total. The zero-order valence-corrected chi connectivity index (χ0v) is 9.41. The molecule has 0 aromatic heterocycles. The molecule has 0 aromatic rings. The molecule has 0 radical (unpaired) electrons. The van der Waals surface area contributed by atoms with Gasteiger partial charge in [0.25, 0.3) is 0 Å². The van der Waals surface area contributed by atoms with Crippen LogP contribution in [-0.2, 0) is 14.3 Å². The first-order valence-electron chi connectivity index (χ1n) is 5.56. The number of rotatable bonds is 5. The highest BCUT2D eigenvalue weighted by Gasteiger charge is 2.33. The highest BCUT2D eigenvalue weighted by atomic mass is 16.6. The van der Waals surface area contributed by atoms with Crippen molar-refractivity contribution in [3.8, 4) is 0 Å². The summed E-state index contributed by atoms with van der Waals surface area (Å²) in [6.45, 7) is 4.12. The summed E-state index contributed by atoms with van der Waals surface area (Å²) in [5.74, 6) is -0.965. The van der Waals surface area contributed by atoms with Crippen LogP contribution in [-0.4, -0.2) is 11.9 Å². The van der Waals surface area contributed by atoms with Crippen molar-refractivity contribution in [1.29, 1.82) is 0 Å². The van der Waals surface area contributed by atoms with Gasteiger partial charge in [-0.2, -0.15) is 0 Å². The van der Waals surface area contributed by atoms with Crippen LogP contribution in [0, 0.1) is 5.92 Å². The summed E-state index contributed by atoms with van der Waals surface area (Å²) >= 11 is 0. The molecule has 0 bridgehead atoms. The van der Waals surface area contributed by atoms with E-state index < -0.39 is 0 Å². The van der Waals surface area contributed by atoms with Gasteiger partial charge in [0.05, 0.1) is 12.3 Å². The van der Waals surface area contributed by atoms with Crippen LogP contribution < -0.4 is 0 Å². The van der Waals surface area contributed by atoms with Gasteiger partial charge in [-0.1, -0.05) is 25.0 Å². The van der Waals surface area contributed by atoms with Gasteiger partial charge >= 0.3 is 11.9 Å². The van der Waals surface area contributed by atoms with Crippen LogP contribution in [0.5, 0.6) is 0 Å². The van der Waals surface area contributed by atoms with E-state index in [9.17, 15) is 9.59 Å². The van der Waals surface area contributed by atoms with Gasteiger partial charge in [-0.15, -0.1) is 0 Å². The quantitative estimate of drug-likeness (QED) is 0.398. The van der Waals surface area contributed by atoms with Crippen LogP contribution in [0.3, 0.4) is 0 Å². The monoisotopic (exact) mass is 210 g/mol. The van der Waals surface area contributed by atoms with E-state index in [1.807, 2.05) is 13.0 Å². The fraction of sp³-hybridized carbons (Fsp3) is 0.667. The minimum absolute atomic E-state index is 0.236. The molecule has 1 fully saturated rings. The second kappa shape index (κ2) is 5.69. The molecule has 0 aliphatic carbocycles. The summed E-state index contributed by atoms with van der Waals surface area (Å²) in [4.78, 5) is 22.1. The first-order valence-corrected chi connectivity index (χ1v) is 5.56. The molecule has 1 rings (SSSR count). The SMILES string of the molecule is C/C=C(\CCCC)CC1CC(=O)OC1=O. The summed E-state index contributed by atoms with van der Waals surface area (Å²) in [6, 6.07) is 0. The Hall–Kier alpha value is -1.12. The molecule has 1 aliphatic rings. The van der Waals surface area contributed by atoms with Crippen molar-refractivity contribution in [2.24, 2.45) is 5.92 Å². The van der Waals surface area contributed by atoms with E-state index in [4.69, 9.17) is 0 Å². The van der Waals surface area contributed by atoms with Gasteiger partial charge < -0.3 is 4.74 Å². The molecule has 0 amide bonds. The maximum Gasteiger partial charge on any atom is 0.317 e. The zero-order valence-electron chi connectivity index (χ0n) is 9.41. The standard InChI is InChI=1S/C12H18O3/c1-3-5-6-9(4-2)7-10-8-11(13)15-12(10)14/h4,10H,3,5-8H2,1-2H3/b9-4+. The molecule has 0 saturated carbocycles. The van der Waals surface area contributed by atoms with E-state index in [1.165, 1.54) is 5.57 Å². The first kappa shape index (κ1) is 12.0. The molecule has 84 valence electrons. The number of carbonyl (C=O) groups is 2. The van der Waals surface area contributed by atoms with Crippen LogP contribution in [0.1, 0.15) is 46.0 Å². The lowest BCUT2D eigenvalue weighted by atomic mass is 9.94. The zero-order chi connectivity index (χ0) is 11.3. The van der Waals surface area contributed by atoms with Gasteiger partial charge in [0, 0.05) is 0 Å². The molecule has 1 saturated heterocycles. The van der Waals surface area contributed by atoms with Gasteiger partial charge in [-0.25, -0.2) is 0 Å². The molecule has 1 unspecified atom stereocenters. The number of hydrogen-bond acceptors (Lipinski definition) is 3. The minimum atomic E-state index is -0.379. The fourth-order valence-electron chi connectivity index (χ4n) is 1.76. The molecule has 3 nitrogen and oxygen atoms in total. The van der Waals surface area contributed by atoms with Crippen LogP contribution in [0.4, 0.5) is 0 Å². The smallest absolute Gasteiger partial charge is 0.317 e. The average molecular weight is 210 g/mol. The number of hydrogen-bond donors (Lipinski definition) is 0. The Morgan fingerprint density at radius 2 is 2.27 bits per heavy atom. The Balaban J connectivity index is 2.45. The van der Waals surface area contributed by atoms with Gasteiger partial charge in [0.2, 0.25) is 0 Å². The average Bonchev–Trinajstić information content (AvgIpc) is 2.52. The lowest BCUT2D eigenvalue weighted by molar-refractivity contribution is -0.153. The number of ether oxygens (including phenoxy) is 1. The maximum atomic E-state index is 11.2. The van der Waals surface area contributed by atoms with E-state index in [0.29, 0.717) is 6.42 Å². The van der Waals surface area contributed by atoms with Crippen LogP contribution >= 0.6 is 0 Å². The number of unbranched alkanes of at least 4 members (excludes halogenated alkanes) is 1. The maximum absolute atomic E-state index is 11.2. The van der Waals surface area contributed by atoms with E-state index >= 15 is 0 Å². The van der Waals surface area contributed by atoms with Crippen molar-refractivity contribution in [1.82, 2.24) is 0 Å². The van der Waals surface area contributed by atoms with Crippen molar-refractivity contribution < 1.29 is 14.3 Å². The van der Waals surface area contributed by atoms with Crippen LogP contribution in [0.15, 0.2) is 11.6 Å². The van der Waals surface area contributed by atoms with Crippen molar-refractivity contribution in [2.75, 3.05) is 0 Å². The summed E-state index contributed by atoms with van der Waals surface area (Å²) in [6.07, 6.45) is 6.28. The second-order valence-corrected chi connectivity index (χ2v) is 3.95. The molecule has 15 heavy (non-hydrogen) atoms. The lowest BCUT2D eigenvalue weighted by Gasteiger charge is -2.08. The van der Waals surface area contributed by atoms with Gasteiger partial charge in [-0.05, 0) is 26.2 Å². The summed E-state index contributed by atoms with van der Waals surface area (Å²) in [5.41, 5.74) is 1.26. The van der Waals surface area contributed by atoms with Crippen LogP contribution in [0.2, 0.25) is 0 Å². The lowest BCUT2D eigenvalue weighted by Crippen LogP contribution is -2.08. The number of carbonyl (C=O) groups excluding carboxylic acids is 2. The Kier molecular flexibility index (Phi) is 4.53. The summed E-state index contributed by atoms with van der Waals surface area (Å²) in [5, 5.41) is 0. The summed E-state index contributed by atoms with van der Waals surface area (Å²) in [7, 11) is 0. The third-order valence-corrected chi connectivity index (χ3v) is 2.73. The van der Waals surface area contributed by atoms with E-state index in [-0.39, 0.29) is 24.3 Å². The Morgan fingerprint density at radius 3 is 2.73 bits per heavy atom. The van der Waals surface area contributed by atoms with Crippen LogP contribution in [0.25, 0.3) is 0 Å². The molecule has 1 aliphatic heterocycles. The van der Waals surface area contributed by atoms with Gasteiger partial charge in [0.15, 0.2) is 0 Å². The predicted octanol–water partition coefficient (Wildman–Crippen LogP) is 2.60. The van der Waals surface area contributed by atoms with Crippen molar-refractivity contribution >= 4 is 11.9 Å². The van der Waals surface area contributed by atoms with Gasteiger partial charge in [-0.3, -0.25) is 9.59 Å². The van der Waals surface area contributed by atoms with E-state index in [1.54, 1.807) is 0 Å². The molecule has 1 heterocycles. The number of esters is 2. The minimum Gasteiger partial charge on any atom is -0.393 e. The predicted molar refractivity (Wildman–Crippen MR) is 57.1 cm³/mol. The third kappa shape index (κ3) is 3.50. The third-order valence-electron chi connectivity index (χ3n) is 2.73. The van der Waals surface area contributed by atoms with Crippen molar-refractivity contribution in [3.63, 3.8) is 0 Å². The molecular formula is C12H18O3. The highest BCUT2D eigenvalue weighted by molar-refractivity contribution is 5.94. The largest absolute Gasteiger partial charge is 0.393 e. The molecule has 0 spiro atoms. The Labute approximate surface area is 90.5 Å². The Morgan fingerprint density at radius 1 is 1.53 bits per heavy atom. The number of cyclic esters (lactones) is 2. The normalized spacial score (nSPS) is 22.0. The fourth-order valence-corrected chi connectivity index (χ4v) is 1.76. The molecule has 3 heteroatoms. The van der Waals surface area contributed by atoms with E-state index in [0.717, 1.165) is 19.3 Å². The second-order valence-electron chi connectivity index (χ2n) is 3.95. The van der Waals surface area contributed by atoms with Gasteiger partial charge in [0.1, 0.15) is 0 Å². The van der Waals surface area contributed by atoms with E-state index in [2.05, 4.69) is 11.7 Å². The first-order chi connectivity index (χ1) is 7.17. The number of allylic oxidation sites excluding steroid dienone is 2. The topological polar surface area (TPSA) is 43.4 Å². The van der Waals surface area contributed by atoms with Crippen molar-refractivity contribution in [2.45, 2.75) is 46.0 Å². The Bertz CT molecular complexity index is 279. The molecule has 0 aromatic carbocycles.